The molecule has 2 aromatic rings. The molecule has 1 fully saturated rings. The van der Waals surface area contributed by atoms with Crippen LogP contribution in [0.25, 0.3) is 0 Å². The lowest BCUT2D eigenvalue weighted by atomic mass is 10.1. The lowest BCUT2D eigenvalue weighted by Gasteiger charge is -2.29. The van der Waals surface area contributed by atoms with Crippen molar-refractivity contribution in [3.8, 4) is 0 Å². The molecular formula is C21H30N6. The molecule has 1 N–H and O–H groups in total. The molecule has 1 saturated heterocycles. The van der Waals surface area contributed by atoms with E-state index in [1.165, 1.54) is 17.7 Å². The number of para-hydroxylation sites is 1. The summed E-state index contributed by atoms with van der Waals surface area (Å²) in [5.74, 6) is 2.57. The SMILES string of the molecule is CN(C)c1nc2c(c(N(C)C[C@H]3CCN(c4ccccc4)C3)n1)CCNC2. The van der Waals surface area contributed by atoms with E-state index in [0.717, 1.165) is 56.6 Å². The predicted molar refractivity (Wildman–Crippen MR) is 112 cm³/mol. The summed E-state index contributed by atoms with van der Waals surface area (Å²) in [7, 11) is 6.21. The molecule has 3 heterocycles. The molecule has 6 heteroatoms. The number of aromatic nitrogens is 2. The van der Waals surface area contributed by atoms with E-state index in [1.54, 1.807) is 0 Å². The minimum atomic E-state index is 0.658. The number of hydrogen-bond acceptors (Lipinski definition) is 6. The van der Waals surface area contributed by atoms with E-state index in [2.05, 4.69) is 52.5 Å². The van der Waals surface area contributed by atoms with Crippen molar-refractivity contribution in [3.63, 3.8) is 0 Å². The van der Waals surface area contributed by atoms with E-state index in [4.69, 9.17) is 9.97 Å². The molecular weight excluding hydrogens is 336 g/mol. The zero-order valence-corrected chi connectivity index (χ0v) is 16.6. The Bertz CT molecular complexity index is 776. The number of benzene rings is 1. The third-order valence-corrected chi connectivity index (χ3v) is 5.60. The number of anilines is 3. The summed E-state index contributed by atoms with van der Waals surface area (Å²) in [6.07, 6.45) is 2.23. The van der Waals surface area contributed by atoms with Gasteiger partial charge in [0.25, 0.3) is 0 Å². The summed E-state index contributed by atoms with van der Waals surface area (Å²) in [5.41, 5.74) is 3.81. The Kier molecular flexibility index (Phi) is 5.16. The van der Waals surface area contributed by atoms with Crippen LogP contribution in [-0.4, -0.2) is 57.3 Å². The molecule has 4 rings (SSSR count). The number of hydrogen-bond donors (Lipinski definition) is 1. The van der Waals surface area contributed by atoms with Gasteiger partial charge in [-0.1, -0.05) is 18.2 Å². The zero-order valence-electron chi connectivity index (χ0n) is 16.6. The first-order valence-corrected chi connectivity index (χ1v) is 9.91. The molecule has 0 saturated carbocycles. The molecule has 2 aliphatic rings. The Morgan fingerprint density at radius 1 is 1.15 bits per heavy atom. The van der Waals surface area contributed by atoms with Crippen LogP contribution in [0.2, 0.25) is 0 Å². The first-order valence-electron chi connectivity index (χ1n) is 9.91. The molecule has 0 spiro atoms. The molecule has 0 unspecified atom stereocenters. The molecule has 1 aromatic carbocycles. The molecule has 2 aliphatic heterocycles. The highest BCUT2D eigenvalue weighted by Crippen LogP contribution is 2.28. The number of nitrogens with one attached hydrogen (secondary N) is 1. The molecule has 144 valence electrons. The highest BCUT2D eigenvalue weighted by molar-refractivity contribution is 5.54. The highest BCUT2D eigenvalue weighted by Gasteiger charge is 2.26. The van der Waals surface area contributed by atoms with Gasteiger partial charge in [0.15, 0.2) is 0 Å². The molecule has 0 aliphatic carbocycles. The van der Waals surface area contributed by atoms with Crippen LogP contribution in [0, 0.1) is 5.92 Å². The highest BCUT2D eigenvalue weighted by atomic mass is 15.3. The van der Waals surface area contributed by atoms with Crippen LogP contribution in [0.3, 0.4) is 0 Å². The molecule has 1 aromatic heterocycles. The molecule has 6 nitrogen and oxygen atoms in total. The summed E-state index contributed by atoms with van der Waals surface area (Å²) in [4.78, 5) is 16.5. The van der Waals surface area contributed by atoms with Crippen LogP contribution < -0.4 is 20.0 Å². The smallest absolute Gasteiger partial charge is 0.227 e. The van der Waals surface area contributed by atoms with E-state index < -0.39 is 0 Å². The van der Waals surface area contributed by atoms with Crippen molar-refractivity contribution in [3.05, 3.63) is 41.6 Å². The zero-order chi connectivity index (χ0) is 18.8. The van der Waals surface area contributed by atoms with Gasteiger partial charge in [-0.05, 0) is 37.4 Å². The standard InChI is InChI=1S/C21H30N6/c1-25(2)21-23-19-13-22-11-9-18(19)20(24-21)26(3)14-16-10-12-27(15-16)17-7-5-4-6-8-17/h4-8,16,22H,9-15H2,1-3H3/t16-/m1/s1. The van der Waals surface area contributed by atoms with Crippen LogP contribution in [-0.2, 0) is 13.0 Å². The molecule has 27 heavy (non-hydrogen) atoms. The summed E-state index contributed by atoms with van der Waals surface area (Å²) in [5, 5.41) is 3.44. The second-order valence-corrected chi connectivity index (χ2v) is 7.91. The predicted octanol–water partition coefficient (Wildman–Crippen LogP) is 2.15. The Hall–Kier alpha value is -2.34. The maximum atomic E-state index is 4.90. The maximum absolute atomic E-state index is 4.90. The summed E-state index contributed by atoms with van der Waals surface area (Å²) >= 11 is 0. The van der Waals surface area contributed by atoms with E-state index in [9.17, 15) is 0 Å². The Balaban J connectivity index is 1.50. The van der Waals surface area contributed by atoms with Crippen LogP contribution in [0.15, 0.2) is 30.3 Å². The Morgan fingerprint density at radius 3 is 2.74 bits per heavy atom. The average molecular weight is 367 g/mol. The first-order chi connectivity index (χ1) is 13.1. The van der Waals surface area contributed by atoms with Gasteiger partial charge in [0.1, 0.15) is 5.82 Å². The quantitative estimate of drug-likeness (QED) is 0.875. The fourth-order valence-corrected chi connectivity index (χ4v) is 4.17. The van der Waals surface area contributed by atoms with Crippen LogP contribution >= 0.6 is 0 Å². The fraction of sp³-hybridized carbons (Fsp3) is 0.524. The van der Waals surface area contributed by atoms with Gasteiger partial charge in [-0.25, -0.2) is 4.98 Å². The second-order valence-electron chi connectivity index (χ2n) is 7.91. The Labute approximate surface area is 162 Å². The molecule has 0 radical (unpaired) electrons. The largest absolute Gasteiger partial charge is 0.371 e. The van der Waals surface area contributed by atoms with Gasteiger partial charge in [0.2, 0.25) is 5.95 Å². The monoisotopic (exact) mass is 366 g/mol. The van der Waals surface area contributed by atoms with Crippen molar-refractivity contribution in [1.82, 2.24) is 15.3 Å². The van der Waals surface area contributed by atoms with Crippen LogP contribution in [0.1, 0.15) is 17.7 Å². The lowest BCUT2D eigenvalue weighted by Crippen LogP contribution is -2.33. The first kappa shape index (κ1) is 18.0. The van der Waals surface area contributed by atoms with Gasteiger partial charge in [0, 0.05) is 58.6 Å². The van der Waals surface area contributed by atoms with Crippen molar-refractivity contribution < 1.29 is 0 Å². The van der Waals surface area contributed by atoms with E-state index in [1.807, 2.05) is 19.0 Å². The third-order valence-electron chi connectivity index (χ3n) is 5.60. The van der Waals surface area contributed by atoms with Gasteiger partial charge in [-0.15, -0.1) is 0 Å². The van der Waals surface area contributed by atoms with E-state index >= 15 is 0 Å². The maximum Gasteiger partial charge on any atom is 0.227 e. The summed E-state index contributed by atoms with van der Waals surface area (Å²) < 4.78 is 0. The lowest BCUT2D eigenvalue weighted by molar-refractivity contribution is 0.573. The molecule has 0 bridgehead atoms. The van der Waals surface area contributed by atoms with Crippen LogP contribution in [0.5, 0.6) is 0 Å². The van der Waals surface area contributed by atoms with Crippen molar-refractivity contribution >= 4 is 17.5 Å². The average Bonchev–Trinajstić information content (AvgIpc) is 3.16. The number of rotatable bonds is 5. The normalized spacial score (nSPS) is 19.1. The van der Waals surface area contributed by atoms with Gasteiger partial charge >= 0.3 is 0 Å². The van der Waals surface area contributed by atoms with Gasteiger partial charge < -0.3 is 20.0 Å². The molecule has 1 atom stereocenters. The van der Waals surface area contributed by atoms with Gasteiger partial charge in [-0.3, -0.25) is 0 Å². The topological polar surface area (TPSA) is 47.5 Å². The van der Waals surface area contributed by atoms with Crippen molar-refractivity contribution in [1.29, 1.82) is 0 Å². The van der Waals surface area contributed by atoms with Gasteiger partial charge in [0.05, 0.1) is 5.69 Å². The summed E-state index contributed by atoms with van der Waals surface area (Å²) in [6, 6.07) is 10.8. The van der Waals surface area contributed by atoms with Crippen molar-refractivity contribution in [2.45, 2.75) is 19.4 Å². The fourth-order valence-electron chi connectivity index (χ4n) is 4.17. The third kappa shape index (κ3) is 3.86. The molecule has 0 amide bonds. The number of nitrogens with zero attached hydrogens (tertiary/aromatic N) is 5. The van der Waals surface area contributed by atoms with E-state index in [-0.39, 0.29) is 0 Å². The summed E-state index contributed by atoms with van der Waals surface area (Å²) in [6.45, 7) is 5.13. The minimum absolute atomic E-state index is 0.658. The van der Waals surface area contributed by atoms with Gasteiger partial charge in [-0.2, -0.15) is 4.98 Å². The number of fused-ring (bicyclic) bond motifs is 1. The van der Waals surface area contributed by atoms with E-state index in [0.29, 0.717) is 5.92 Å². The Morgan fingerprint density at radius 2 is 1.96 bits per heavy atom. The van der Waals surface area contributed by atoms with Crippen molar-refractivity contribution in [2.24, 2.45) is 5.92 Å². The minimum Gasteiger partial charge on any atom is -0.371 e. The van der Waals surface area contributed by atoms with Crippen LogP contribution in [0.4, 0.5) is 17.5 Å². The second kappa shape index (κ2) is 7.72. The van der Waals surface area contributed by atoms with Crippen molar-refractivity contribution in [2.75, 3.05) is 62.0 Å².